The summed E-state index contributed by atoms with van der Waals surface area (Å²) < 4.78 is 0.758. The fraction of sp³-hybridized carbons (Fsp3) is 0.143. The van der Waals surface area contributed by atoms with E-state index in [9.17, 15) is 0 Å². The van der Waals surface area contributed by atoms with Crippen LogP contribution in [-0.2, 0) is 4.43 Å². The van der Waals surface area contributed by atoms with E-state index in [1.54, 1.807) is 6.20 Å². The van der Waals surface area contributed by atoms with Crippen molar-refractivity contribution in [3.05, 3.63) is 28.5 Å². The zero-order valence-corrected chi connectivity index (χ0v) is 8.43. The smallest absolute Gasteiger partial charge is 0.101 e. The van der Waals surface area contributed by atoms with Crippen LogP contribution in [0.5, 0.6) is 0 Å². The molecule has 0 saturated heterocycles. The van der Waals surface area contributed by atoms with Gasteiger partial charge in [0, 0.05) is 16.8 Å². The van der Waals surface area contributed by atoms with Gasteiger partial charge >= 0.3 is 0 Å². The molecule has 0 fully saturated rings. The van der Waals surface area contributed by atoms with E-state index >= 15 is 0 Å². The molecule has 0 spiro atoms. The van der Waals surface area contributed by atoms with Gasteiger partial charge < -0.3 is 0 Å². The number of hydrogen-bond acceptors (Lipinski definition) is 2. The molecule has 0 aliphatic rings. The molecule has 0 radical (unpaired) electrons. The lowest BCUT2D eigenvalue weighted by Gasteiger charge is -1.98. The molecule has 0 amide bonds. The van der Waals surface area contributed by atoms with Gasteiger partial charge in [0.15, 0.2) is 0 Å². The molecule has 0 aromatic carbocycles. The topological polar surface area (TPSA) is 36.7 Å². The average molecular weight is 278 g/mol. The monoisotopic (exact) mass is 278 g/mol. The van der Waals surface area contributed by atoms with Gasteiger partial charge in [-0.05, 0) is 5.56 Å². The second-order valence-corrected chi connectivity index (χ2v) is 3.07. The zero-order valence-electron chi connectivity index (χ0n) is 5.51. The van der Waals surface area contributed by atoms with Gasteiger partial charge in [0.25, 0.3) is 0 Å². The van der Waals surface area contributed by atoms with Crippen LogP contribution < -0.4 is 0 Å². The number of nitrogens with zero attached hydrogens (tertiary/aromatic N) is 2. The number of aromatic nitrogens is 1. The molecule has 0 aliphatic heterocycles. The van der Waals surface area contributed by atoms with Gasteiger partial charge in [-0.3, -0.25) is 4.98 Å². The third kappa shape index (κ3) is 1.82. The van der Waals surface area contributed by atoms with Gasteiger partial charge in [0.2, 0.25) is 0 Å². The highest BCUT2D eigenvalue weighted by atomic mass is 127. The molecular weight excluding hydrogens is 274 g/mol. The van der Waals surface area contributed by atoms with Crippen molar-refractivity contribution in [1.82, 2.24) is 4.98 Å². The van der Waals surface area contributed by atoms with Crippen LogP contribution in [0.25, 0.3) is 0 Å². The van der Waals surface area contributed by atoms with Gasteiger partial charge in [-0.1, -0.05) is 34.2 Å². The van der Waals surface area contributed by atoms with Crippen LogP contribution in [0.4, 0.5) is 0 Å². The maximum absolute atomic E-state index is 8.66. The summed E-state index contributed by atoms with van der Waals surface area (Å²) in [6.07, 6.45) is 3.15. The van der Waals surface area contributed by atoms with Crippen LogP contribution in [0.2, 0.25) is 5.02 Å². The van der Waals surface area contributed by atoms with E-state index in [0.29, 0.717) is 10.6 Å². The molecule has 0 bridgehead atoms. The average Bonchev–Trinajstić information content (AvgIpc) is 2.04. The van der Waals surface area contributed by atoms with Crippen molar-refractivity contribution in [2.24, 2.45) is 0 Å². The minimum atomic E-state index is 0.432. The minimum Gasteiger partial charge on any atom is -0.263 e. The highest BCUT2D eigenvalue weighted by molar-refractivity contribution is 14.1. The summed E-state index contributed by atoms with van der Waals surface area (Å²) in [5.41, 5.74) is 1.43. The largest absolute Gasteiger partial charge is 0.263 e. The normalized spacial score (nSPS) is 9.18. The van der Waals surface area contributed by atoms with Crippen LogP contribution >= 0.6 is 34.2 Å². The molecule has 1 heterocycles. The van der Waals surface area contributed by atoms with Crippen LogP contribution in [0.15, 0.2) is 12.4 Å². The standard InChI is InChI=1S/C7H4ClIN2/c8-7-4-11-3-5(1-9)6(7)2-10/h3-4H,1H2. The lowest BCUT2D eigenvalue weighted by Crippen LogP contribution is -1.88. The Bertz CT molecular complexity index is 306. The molecule has 0 unspecified atom stereocenters. The molecule has 56 valence electrons. The summed E-state index contributed by atoms with van der Waals surface area (Å²) in [5, 5.41) is 9.10. The third-order valence-electron chi connectivity index (χ3n) is 1.23. The van der Waals surface area contributed by atoms with Crippen LogP contribution in [0.3, 0.4) is 0 Å². The second-order valence-electron chi connectivity index (χ2n) is 1.90. The Hall–Kier alpha value is -0.340. The number of alkyl halides is 1. The van der Waals surface area contributed by atoms with E-state index in [1.165, 1.54) is 6.20 Å². The lowest BCUT2D eigenvalue weighted by molar-refractivity contribution is 1.24. The first-order valence-corrected chi connectivity index (χ1v) is 4.78. The van der Waals surface area contributed by atoms with Crippen molar-refractivity contribution in [3.8, 4) is 6.07 Å². The Labute approximate surface area is 83.3 Å². The number of pyridine rings is 1. The predicted octanol–water partition coefficient (Wildman–Crippen LogP) is 2.54. The molecule has 0 aliphatic carbocycles. The second kappa shape index (κ2) is 3.88. The van der Waals surface area contributed by atoms with Crippen LogP contribution in [-0.4, -0.2) is 4.98 Å². The summed E-state index contributed by atoms with van der Waals surface area (Å²) in [6.45, 7) is 0. The molecule has 1 aromatic heterocycles. The van der Waals surface area contributed by atoms with Crippen molar-refractivity contribution in [1.29, 1.82) is 5.26 Å². The molecule has 0 atom stereocenters. The van der Waals surface area contributed by atoms with E-state index in [4.69, 9.17) is 16.9 Å². The third-order valence-corrected chi connectivity index (χ3v) is 2.34. The molecule has 11 heavy (non-hydrogen) atoms. The fourth-order valence-electron chi connectivity index (χ4n) is 0.702. The van der Waals surface area contributed by atoms with Crippen molar-refractivity contribution < 1.29 is 0 Å². The van der Waals surface area contributed by atoms with E-state index < -0.39 is 0 Å². The Balaban J connectivity index is 3.27. The van der Waals surface area contributed by atoms with Crippen LogP contribution in [0, 0.1) is 11.3 Å². The van der Waals surface area contributed by atoms with E-state index in [0.717, 1.165) is 9.99 Å². The summed E-state index contributed by atoms with van der Waals surface area (Å²) >= 11 is 7.89. The molecule has 0 N–H and O–H groups in total. The first-order valence-electron chi connectivity index (χ1n) is 2.88. The van der Waals surface area contributed by atoms with Crippen molar-refractivity contribution >= 4 is 34.2 Å². The van der Waals surface area contributed by atoms with Crippen molar-refractivity contribution in [2.75, 3.05) is 0 Å². The Kier molecular flexibility index (Phi) is 3.09. The maximum Gasteiger partial charge on any atom is 0.101 e. The highest BCUT2D eigenvalue weighted by Gasteiger charge is 2.04. The van der Waals surface area contributed by atoms with E-state index in [-0.39, 0.29) is 0 Å². The van der Waals surface area contributed by atoms with E-state index in [1.807, 2.05) is 6.07 Å². The molecule has 2 nitrogen and oxygen atoms in total. The number of nitriles is 1. The predicted molar refractivity (Wildman–Crippen MR) is 51.7 cm³/mol. The van der Waals surface area contributed by atoms with Gasteiger partial charge in [0.1, 0.15) is 6.07 Å². The van der Waals surface area contributed by atoms with Gasteiger partial charge in [-0.2, -0.15) is 5.26 Å². The molecular formula is C7H4ClIN2. The first kappa shape index (κ1) is 8.75. The summed E-state index contributed by atoms with van der Waals surface area (Å²) in [4.78, 5) is 3.88. The first-order chi connectivity index (χ1) is 5.29. The number of hydrogen-bond donors (Lipinski definition) is 0. The van der Waals surface area contributed by atoms with Gasteiger partial charge in [-0.15, -0.1) is 0 Å². The molecule has 1 rings (SSSR count). The summed E-state index contributed by atoms with van der Waals surface area (Å²) in [5.74, 6) is 0. The summed E-state index contributed by atoms with van der Waals surface area (Å²) in [7, 11) is 0. The maximum atomic E-state index is 8.66. The van der Waals surface area contributed by atoms with Crippen LogP contribution in [0.1, 0.15) is 11.1 Å². The molecule has 1 aromatic rings. The zero-order chi connectivity index (χ0) is 8.27. The fourth-order valence-corrected chi connectivity index (χ4v) is 1.50. The van der Waals surface area contributed by atoms with Crippen molar-refractivity contribution in [3.63, 3.8) is 0 Å². The quantitative estimate of drug-likeness (QED) is 0.585. The Morgan fingerprint density at radius 2 is 2.36 bits per heavy atom. The minimum absolute atomic E-state index is 0.432. The molecule has 0 saturated carbocycles. The summed E-state index contributed by atoms with van der Waals surface area (Å²) in [6, 6.07) is 2.04. The van der Waals surface area contributed by atoms with Crippen molar-refractivity contribution in [2.45, 2.75) is 4.43 Å². The number of rotatable bonds is 1. The van der Waals surface area contributed by atoms with E-state index in [2.05, 4.69) is 27.6 Å². The Morgan fingerprint density at radius 3 is 2.82 bits per heavy atom. The lowest BCUT2D eigenvalue weighted by atomic mass is 10.2. The highest BCUT2D eigenvalue weighted by Crippen LogP contribution is 2.19. The number of halogens is 2. The Morgan fingerprint density at radius 1 is 1.64 bits per heavy atom. The molecule has 4 heteroatoms. The SMILES string of the molecule is N#Cc1c(Cl)cncc1CI. The van der Waals surface area contributed by atoms with Gasteiger partial charge in [-0.25, -0.2) is 0 Å². The van der Waals surface area contributed by atoms with Gasteiger partial charge in [0.05, 0.1) is 10.6 Å².